The molecule has 1 aliphatic carbocycles. The van der Waals surface area contributed by atoms with Gasteiger partial charge < -0.3 is 5.11 Å². The molecular formula is C14H28O. The average molecular weight is 212 g/mol. The molecule has 1 fully saturated rings. The molecule has 0 spiro atoms. The van der Waals surface area contributed by atoms with Gasteiger partial charge in [0.2, 0.25) is 0 Å². The summed E-state index contributed by atoms with van der Waals surface area (Å²) in [6, 6.07) is 0. The molecule has 0 saturated heterocycles. The van der Waals surface area contributed by atoms with E-state index in [-0.39, 0.29) is 6.10 Å². The van der Waals surface area contributed by atoms with Gasteiger partial charge in [-0.25, -0.2) is 0 Å². The molecule has 0 radical (unpaired) electrons. The Hall–Kier alpha value is -0.0400. The van der Waals surface area contributed by atoms with Gasteiger partial charge in [0.05, 0.1) is 6.10 Å². The predicted octanol–water partition coefficient (Wildman–Crippen LogP) is 4.14. The number of aliphatic hydroxyl groups is 1. The first kappa shape index (κ1) is 13.0. The summed E-state index contributed by atoms with van der Waals surface area (Å²) in [6.07, 6.45) is 11.5. The van der Waals surface area contributed by atoms with Crippen LogP contribution < -0.4 is 0 Å². The van der Waals surface area contributed by atoms with Crippen molar-refractivity contribution in [1.82, 2.24) is 0 Å². The Kier molecular flexibility index (Phi) is 6.31. The molecule has 0 aromatic rings. The van der Waals surface area contributed by atoms with Crippen LogP contribution in [0.3, 0.4) is 0 Å². The third-order valence-corrected chi connectivity index (χ3v) is 3.93. The number of aliphatic hydroxyl groups excluding tert-OH is 1. The minimum atomic E-state index is -0.00907. The van der Waals surface area contributed by atoms with Crippen molar-refractivity contribution in [3.8, 4) is 0 Å². The molecule has 0 bridgehead atoms. The van der Waals surface area contributed by atoms with E-state index >= 15 is 0 Å². The highest BCUT2D eigenvalue weighted by Crippen LogP contribution is 2.32. The number of hydrogen-bond acceptors (Lipinski definition) is 1. The number of hydrogen-bond donors (Lipinski definition) is 1. The van der Waals surface area contributed by atoms with E-state index in [0.29, 0.717) is 11.8 Å². The molecular weight excluding hydrogens is 184 g/mol. The fourth-order valence-corrected chi connectivity index (χ4v) is 3.09. The van der Waals surface area contributed by atoms with Crippen molar-refractivity contribution in [3.63, 3.8) is 0 Å². The molecule has 0 aromatic heterocycles. The molecule has 1 unspecified atom stereocenters. The van der Waals surface area contributed by atoms with Gasteiger partial charge in [-0.2, -0.15) is 0 Å². The number of rotatable bonds is 6. The summed E-state index contributed by atoms with van der Waals surface area (Å²) < 4.78 is 0. The summed E-state index contributed by atoms with van der Waals surface area (Å²) in [6.45, 7) is 4.46. The van der Waals surface area contributed by atoms with Gasteiger partial charge in [-0.1, -0.05) is 46.0 Å². The van der Waals surface area contributed by atoms with Gasteiger partial charge in [0.15, 0.2) is 0 Å². The van der Waals surface area contributed by atoms with Crippen LogP contribution >= 0.6 is 0 Å². The van der Waals surface area contributed by atoms with E-state index < -0.39 is 0 Å². The van der Waals surface area contributed by atoms with E-state index in [9.17, 15) is 5.11 Å². The Morgan fingerprint density at radius 1 is 1.00 bits per heavy atom. The van der Waals surface area contributed by atoms with E-state index in [1.807, 2.05) is 0 Å². The van der Waals surface area contributed by atoms with E-state index in [0.717, 1.165) is 0 Å². The van der Waals surface area contributed by atoms with E-state index in [2.05, 4.69) is 13.8 Å². The Bertz CT molecular complexity index is 143. The molecule has 1 saturated carbocycles. The third-order valence-electron chi connectivity index (χ3n) is 3.93. The lowest BCUT2D eigenvalue weighted by atomic mass is 9.78. The minimum absolute atomic E-state index is 0.00907. The molecule has 0 aromatic carbocycles. The smallest absolute Gasteiger partial charge is 0.0596 e. The van der Waals surface area contributed by atoms with Gasteiger partial charge in [-0.3, -0.25) is 0 Å². The normalized spacial score (nSPS) is 20.8. The summed E-state index contributed by atoms with van der Waals surface area (Å²) in [4.78, 5) is 0. The van der Waals surface area contributed by atoms with Crippen molar-refractivity contribution < 1.29 is 5.11 Å². The topological polar surface area (TPSA) is 20.2 Å². The molecule has 0 aliphatic heterocycles. The largest absolute Gasteiger partial charge is 0.393 e. The van der Waals surface area contributed by atoms with E-state index in [4.69, 9.17) is 0 Å². The first-order valence-electron chi connectivity index (χ1n) is 6.97. The van der Waals surface area contributed by atoms with Crippen molar-refractivity contribution >= 4 is 0 Å². The molecule has 1 atom stereocenters. The van der Waals surface area contributed by atoms with Crippen LogP contribution in [0.25, 0.3) is 0 Å². The Balaban J connectivity index is 2.41. The average Bonchev–Trinajstić information content (AvgIpc) is 2.29. The van der Waals surface area contributed by atoms with Crippen LogP contribution in [-0.4, -0.2) is 11.2 Å². The monoisotopic (exact) mass is 212 g/mol. The van der Waals surface area contributed by atoms with Gasteiger partial charge in [0.1, 0.15) is 0 Å². The molecule has 1 nitrogen and oxygen atoms in total. The van der Waals surface area contributed by atoms with Gasteiger partial charge in [-0.05, 0) is 37.5 Å². The summed E-state index contributed by atoms with van der Waals surface area (Å²) in [5.74, 6) is 1.19. The second-order valence-electron chi connectivity index (χ2n) is 5.23. The van der Waals surface area contributed by atoms with Crippen LogP contribution in [0.15, 0.2) is 0 Å². The minimum Gasteiger partial charge on any atom is -0.393 e. The lowest BCUT2D eigenvalue weighted by Crippen LogP contribution is -2.30. The standard InChI is InChI=1S/C14H28O/c1-3-8-12(9-4-2)14(15)13-10-6-5-7-11-13/h12-15H,3-11H2,1-2H3. The fourth-order valence-electron chi connectivity index (χ4n) is 3.09. The van der Waals surface area contributed by atoms with Crippen LogP contribution in [0.1, 0.15) is 71.6 Å². The molecule has 15 heavy (non-hydrogen) atoms. The summed E-state index contributed by atoms with van der Waals surface area (Å²) >= 11 is 0. The maximum Gasteiger partial charge on any atom is 0.0596 e. The lowest BCUT2D eigenvalue weighted by Gasteiger charge is -2.32. The molecule has 0 heterocycles. The molecule has 1 N–H and O–H groups in total. The highest BCUT2D eigenvalue weighted by Gasteiger charge is 2.27. The van der Waals surface area contributed by atoms with Crippen molar-refractivity contribution in [3.05, 3.63) is 0 Å². The Morgan fingerprint density at radius 2 is 1.53 bits per heavy atom. The van der Waals surface area contributed by atoms with Crippen LogP contribution in [0.4, 0.5) is 0 Å². The third kappa shape index (κ3) is 4.14. The Labute approximate surface area is 95.3 Å². The summed E-state index contributed by atoms with van der Waals surface area (Å²) in [5, 5.41) is 10.4. The van der Waals surface area contributed by atoms with Gasteiger partial charge in [0.25, 0.3) is 0 Å². The molecule has 1 rings (SSSR count). The zero-order valence-corrected chi connectivity index (χ0v) is 10.5. The highest BCUT2D eigenvalue weighted by atomic mass is 16.3. The van der Waals surface area contributed by atoms with Crippen LogP contribution in [-0.2, 0) is 0 Å². The maximum absolute atomic E-state index is 10.4. The van der Waals surface area contributed by atoms with Gasteiger partial charge in [0, 0.05) is 0 Å². The first-order valence-corrected chi connectivity index (χ1v) is 6.97. The SMILES string of the molecule is CCCC(CCC)C(O)C1CCCCC1. The van der Waals surface area contributed by atoms with E-state index in [1.165, 1.54) is 57.8 Å². The fraction of sp³-hybridized carbons (Fsp3) is 1.00. The molecule has 1 aliphatic rings. The Morgan fingerprint density at radius 3 is 2.00 bits per heavy atom. The molecule has 0 amide bonds. The van der Waals surface area contributed by atoms with E-state index in [1.54, 1.807) is 0 Å². The van der Waals surface area contributed by atoms with Gasteiger partial charge in [-0.15, -0.1) is 0 Å². The molecule has 90 valence electrons. The quantitative estimate of drug-likeness (QED) is 0.701. The maximum atomic E-state index is 10.4. The summed E-state index contributed by atoms with van der Waals surface area (Å²) in [7, 11) is 0. The van der Waals surface area contributed by atoms with Crippen molar-refractivity contribution in [1.29, 1.82) is 0 Å². The highest BCUT2D eigenvalue weighted by molar-refractivity contribution is 4.78. The second kappa shape index (κ2) is 7.27. The van der Waals surface area contributed by atoms with Crippen molar-refractivity contribution in [2.45, 2.75) is 77.7 Å². The predicted molar refractivity (Wildman–Crippen MR) is 65.9 cm³/mol. The lowest BCUT2D eigenvalue weighted by molar-refractivity contribution is 0.0257. The van der Waals surface area contributed by atoms with Crippen molar-refractivity contribution in [2.24, 2.45) is 11.8 Å². The molecule has 1 heteroatoms. The van der Waals surface area contributed by atoms with Gasteiger partial charge >= 0.3 is 0 Å². The summed E-state index contributed by atoms with van der Waals surface area (Å²) in [5.41, 5.74) is 0. The zero-order valence-electron chi connectivity index (χ0n) is 10.5. The first-order chi connectivity index (χ1) is 7.29. The van der Waals surface area contributed by atoms with Crippen LogP contribution in [0, 0.1) is 11.8 Å². The van der Waals surface area contributed by atoms with Crippen molar-refractivity contribution in [2.75, 3.05) is 0 Å². The van der Waals surface area contributed by atoms with Crippen LogP contribution in [0.5, 0.6) is 0 Å². The zero-order chi connectivity index (χ0) is 11.1. The second-order valence-corrected chi connectivity index (χ2v) is 5.23. The van der Waals surface area contributed by atoms with Crippen LogP contribution in [0.2, 0.25) is 0 Å².